The minimum absolute atomic E-state index is 0.200. The van der Waals surface area contributed by atoms with E-state index in [1.54, 1.807) is 12.1 Å². The molecule has 5 nitrogen and oxygen atoms in total. The highest BCUT2D eigenvalue weighted by molar-refractivity contribution is 9.10. The molecule has 154 valence electrons. The van der Waals surface area contributed by atoms with Gasteiger partial charge in [-0.15, -0.1) is 0 Å². The molecule has 0 unspecified atom stereocenters. The number of carbonyl (C=O) groups is 2. The highest BCUT2D eigenvalue weighted by Crippen LogP contribution is 2.29. The van der Waals surface area contributed by atoms with E-state index in [2.05, 4.69) is 40.6 Å². The Morgan fingerprint density at radius 3 is 2.23 bits per heavy atom. The third-order valence-corrected chi connectivity index (χ3v) is 5.02. The largest absolute Gasteiger partial charge is 0.483 e. The minimum Gasteiger partial charge on any atom is -0.483 e. The van der Waals surface area contributed by atoms with Crippen molar-refractivity contribution in [2.75, 3.05) is 6.61 Å². The van der Waals surface area contributed by atoms with Crippen LogP contribution in [-0.2, 0) is 4.79 Å². The molecule has 0 atom stereocenters. The van der Waals surface area contributed by atoms with Gasteiger partial charge in [-0.1, -0.05) is 72.2 Å². The molecule has 0 spiro atoms. The standard InChI is InChI=1S/C24H23BrN2O3/c1-16(2)21-14-20(25)12-13-22(21)30-15-23(28)26-27-24(29)19-10-8-18(9-11-19)17-6-4-3-5-7-17/h3-14,16H,15H2,1-2H3,(H,26,28)(H,27,29). The highest BCUT2D eigenvalue weighted by Gasteiger charge is 2.12. The summed E-state index contributed by atoms with van der Waals surface area (Å²) < 4.78 is 6.59. The number of halogens is 1. The van der Waals surface area contributed by atoms with Crippen LogP contribution in [0.15, 0.2) is 77.3 Å². The lowest BCUT2D eigenvalue weighted by molar-refractivity contribution is -0.123. The second kappa shape index (κ2) is 10.1. The van der Waals surface area contributed by atoms with Crippen LogP contribution in [0.1, 0.15) is 35.7 Å². The fraction of sp³-hybridized carbons (Fsp3) is 0.167. The van der Waals surface area contributed by atoms with Gasteiger partial charge in [0.2, 0.25) is 0 Å². The Bertz CT molecular complexity index is 1020. The van der Waals surface area contributed by atoms with E-state index in [0.717, 1.165) is 21.2 Å². The van der Waals surface area contributed by atoms with Crippen molar-refractivity contribution >= 4 is 27.7 Å². The summed E-state index contributed by atoms with van der Waals surface area (Å²) in [7, 11) is 0. The highest BCUT2D eigenvalue weighted by atomic mass is 79.9. The van der Waals surface area contributed by atoms with Gasteiger partial charge >= 0.3 is 0 Å². The normalized spacial score (nSPS) is 10.5. The molecule has 0 saturated heterocycles. The zero-order valence-corrected chi connectivity index (χ0v) is 18.4. The van der Waals surface area contributed by atoms with Gasteiger partial charge in [0.1, 0.15) is 5.75 Å². The molecule has 0 bridgehead atoms. The van der Waals surface area contributed by atoms with Crippen LogP contribution in [0.4, 0.5) is 0 Å². The van der Waals surface area contributed by atoms with Crippen LogP contribution in [0, 0.1) is 0 Å². The lowest BCUT2D eigenvalue weighted by atomic mass is 10.0. The van der Waals surface area contributed by atoms with E-state index in [0.29, 0.717) is 11.3 Å². The summed E-state index contributed by atoms with van der Waals surface area (Å²) in [4.78, 5) is 24.4. The maximum Gasteiger partial charge on any atom is 0.276 e. The molecule has 3 aromatic rings. The molecule has 3 aromatic carbocycles. The van der Waals surface area contributed by atoms with Crippen molar-refractivity contribution in [3.05, 3.63) is 88.4 Å². The molecular weight excluding hydrogens is 444 g/mol. The molecule has 0 heterocycles. The Balaban J connectivity index is 1.52. The number of benzene rings is 3. The van der Waals surface area contributed by atoms with Gasteiger partial charge in [-0.25, -0.2) is 0 Å². The van der Waals surface area contributed by atoms with Gasteiger partial charge in [-0.3, -0.25) is 20.4 Å². The molecular formula is C24H23BrN2O3. The summed E-state index contributed by atoms with van der Waals surface area (Å²) in [6.07, 6.45) is 0. The fourth-order valence-corrected chi connectivity index (χ4v) is 3.30. The van der Waals surface area contributed by atoms with Gasteiger partial charge < -0.3 is 4.74 Å². The number of nitrogens with one attached hydrogen (secondary N) is 2. The Hall–Kier alpha value is -3.12. The zero-order chi connectivity index (χ0) is 21.5. The monoisotopic (exact) mass is 466 g/mol. The molecule has 6 heteroatoms. The van der Waals surface area contributed by atoms with Gasteiger partial charge in [0.25, 0.3) is 11.8 Å². The van der Waals surface area contributed by atoms with Crippen molar-refractivity contribution < 1.29 is 14.3 Å². The van der Waals surface area contributed by atoms with E-state index in [-0.39, 0.29) is 12.5 Å². The molecule has 0 aromatic heterocycles. The number of rotatable bonds is 6. The Labute approximate surface area is 184 Å². The van der Waals surface area contributed by atoms with E-state index < -0.39 is 11.8 Å². The first-order valence-corrected chi connectivity index (χ1v) is 10.4. The summed E-state index contributed by atoms with van der Waals surface area (Å²) in [6.45, 7) is 3.91. The van der Waals surface area contributed by atoms with Gasteiger partial charge in [0.05, 0.1) is 0 Å². The van der Waals surface area contributed by atoms with E-state index >= 15 is 0 Å². The summed E-state index contributed by atoms with van der Waals surface area (Å²) >= 11 is 3.44. The van der Waals surface area contributed by atoms with E-state index in [1.165, 1.54) is 0 Å². The first kappa shape index (κ1) is 21.6. The summed E-state index contributed by atoms with van der Waals surface area (Å²) in [5.74, 6) is 0.0571. The van der Waals surface area contributed by atoms with Crippen molar-refractivity contribution in [1.29, 1.82) is 0 Å². The van der Waals surface area contributed by atoms with Crippen LogP contribution in [0.5, 0.6) is 5.75 Å². The topological polar surface area (TPSA) is 67.4 Å². The molecule has 0 aliphatic heterocycles. The lowest BCUT2D eigenvalue weighted by Crippen LogP contribution is -2.43. The molecule has 0 aliphatic carbocycles. The van der Waals surface area contributed by atoms with E-state index in [9.17, 15) is 9.59 Å². The molecule has 0 radical (unpaired) electrons. The number of amides is 2. The van der Waals surface area contributed by atoms with Crippen molar-refractivity contribution in [2.45, 2.75) is 19.8 Å². The van der Waals surface area contributed by atoms with Gasteiger partial charge in [0, 0.05) is 10.0 Å². The molecule has 2 N–H and O–H groups in total. The summed E-state index contributed by atoms with van der Waals surface area (Å²) in [5, 5.41) is 0. The third kappa shape index (κ3) is 5.70. The van der Waals surface area contributed by atoms with Crippen LogP contribution < -0.4 is 15.6 Å². The fourth-order valence-electron chi connectivity index (χ4n) is 2.92. The molecule has 0 aliphatic rings. The van der Waals surface area contributed by atoms with Crippen LogP contribution in [0.3, 0.4) is 0 Å². The average molecular weight is 467 g/mol. The van der Waals surface area contributed by atoms with Gasteiger partial charge in [-0.05, 0) is 52.9 Å². The predicted octanol–water partition coefficient (Wildman–Crippen LogP) is 5.08. The number of hydrogen-bond donors (Lipinski definition) is 2. The first-order chi connectivity index (χ1) is 14.4. The molecule has 2 amide bonds. The SMILES string of the molecule is CC(C)c1cc(Br)ccc1OCC(=O)NNC(=O)c1ccc(-c2ccccc2)cc1. The van der Waals surface area contributed by atoms with Crippen LogP contribution in [-0.4, -0.2) is 18.4 Å². The van der Waals surface area contributed by atoms with E-state index in [4.69, 9.17) is 4.74 Å². The van der Waals surface area contributed by atoms with E-state index in [1.807, 2.05) is 60.7 Å². The van der Waals surface area contributed by atoms with Crippen molar-refractivity contribution in [3.63, 3.8) is 0 Å². The Morgan fingerprint density at radius 2 is 1.57 bits per heavy atom. The minimum atomic E-state index is -0.443. The maximum atomic E-state index is 12.3. The summed E-state index contributed by atoms with van der Waals surface area (Å²) in [5.41, 5.74) is 8.34. The number of carbonyl (C=O) groups excluding carboxylic acids is 2. The summed E-state index contributed by atoms with van der Waals surface area (Å²) in [6, 6.07) is 22.7. The lowest BCUT2D eigenvalue weighted by Gasteiger charge is -2.14. The smallest absolute Gasteiger partial charge is 0.276 e. The quantitative estimate of drug-likeness (QED) is 0.497. The van der Waals surface area contributed by atoms with Crippen molar-refractivity contribution in [3.8, 4) is 16.9 Å². The van der Waals surface area contributed by atoms with Crippen molar-refractivity contribution in [1.82, 2.24) is 10.9 Å². The number of hydrogen-bond acceptors (Lipinski definition) is 3. The van der Waals surface area contributed by atoms with Crippen LogP contribution >= 0.6 is 15.9 Å². The van der Waals surface area contributed by atoms with Crippen molar-refractivity contribution in [2.24, 2.45) is 0 Å². The zero-order valence-electron chi connectivity index (χ0n) is 16.8. The molecule has 0 saturated carbocycles. The number of ether oxygens (including phenoxy) is 1. The second-order valence-electron chi connectivity index (χ2n) is 7.07. The Morgan fingerprint density at radius 1 is 0.900 bits per heavy atom. The maximum absolute atomic E-state index is 12.3. The van der Waals surface area contributed by atoms with Crippen LogP contribution in [0.25, 0.3) is 11.1 Å². The predicted molar refractivity (Wildman–Crippen MR) is 121 cm³/mol. The molecule has 3 rings (SSSR count). The first-order valence-electron chi connectivity index (χ1n) is 9.61. The van der Waals surface area contributed by atoms with Gasteiger partial charge in [0.15, 0.2) is 6.61 Å². The Kier molecular flexibility index (Phi) is 7.25. The average Bonchev–Trinajstić information content (AvgIpc) is 2.77. The second-order valence-corrected chi connectivity index (χ2v) is 7.99. The third-order valence-electron chi connectivity index (χ3n) is 4.52. The molecule has 0 fully saturated rings. The number of hydrazine groups is 1. The van der Waals surface area contributed by atoms with Gasteiger partial charge in [-0.2, -0.15) is 0 Å². The molecule has 30 heavy (non-hydrogen) atoms. The van der Waals surface area contributed by atoms with Crippen LogP contribution in [0.2, 0.25) is 0 Å².